The van der Waals surface area contributed by atoms with Crippen LogP contribution >= 0.6 is 35.8 Å². The van der Waals surface area contributed by atoms with E-state index in [0.29, 0.717) is 28.9 Å². The van der Waals surface area contributed by atoms with Gasteiger partial charge in [0, 0.05) is 11.8 Å². The second-order valence-corrected chi connectivity index (χ2v) is 5.67. The number of ether oxygens (including phenoxy) is 2. The van der Waals surface area contributed by atoms with Crippen LogP contribution < -0.4 is 9.47 Å². The zero-order valence-corrected chi connectivity index (χ0v) is 13.9. The minimum absolute atomic E-state index is 0.0992. The molecule has 2 nitrogen and oxygen atoms in total. The molecule has 0 unspecified atom stereocenters. The third-order valence-electron chi connectivity index (χ3n) is 2.74. The summed E-state index contributed by atoms with van der Waals surface area (Å²) in [6.45, 7) is 0.354. The van der Waals surface area contributed by atoms with E-state index in [9.17, 15) is 13.2 Å². The fraction of sp³-hybridized carbons (Fsp3) is 0.200. The van der Waals surface area contributed by atoms with Crippen molar-refractivity contribution >= 4 is 35.8 Å². The first-order valence-electron chi connectivity index (χ1n) is 6.39. The number of hydrogen-bond donors (Lipinski definition) is 1. The zero-order chi connectivity index (χ0) is 17.0. The van der Waals surface area contributed by atoms with Crippen LogP contribution in [0.3, 0.4) is 0 Å². The van der Waals surface area contributed by atoms with Crippen molar-refractivity contribution in [2.45, 2.75) is 6.18 Å². The molecule has 2 aromatic rings. The van der Waals surface area contributed by atoms with Gasteiger partial charge in [-0.1, -0.05) is 23.2 Å². The maximum absolute atomic E-state index is 12.6. The molecule has 0 saturated carbocycles. The summed E-state index contributed by atoms with van der Waals surface area (Å²) in [5.41, 5.74) is -0.844. The van der Waals surface area contributed by atoms with E-state index in [1.807, 2.05) is 0 Å². The molecule has 0 aliphatic rings. The largest absolute Gasteiger partial charge is 0.491 e. The molecule has 0 N–H and O–H groups in total. The summed E-state index contributed by atoms with van der Waals surface area (Å²) in [4.78, 5) is 0. The third kappa shape index (κ3) is 4.86. The second-order valence-electron chi connectivity index (χ2n) is 4.41. The highest BCUT2D eigenvalue weighted by Gasteiger charge is 2.31. The molecule has 0 bridgehead atoms. The lowest BCUT2D eigenvalue weighted by Crippen LogP contribution is -2.04. The molecule has 0 heterocycles. The summed E-state index contributed by atoms with van der Waals surface area (Å²) in [7, 11) is 0. The van der Waals surface area contributed by atoms with E-state index in [4.69, 9.17) is 32.7 Å². The molecule has 0 aliphatic heterocycles. The van der Waals surface area contributed by atoms with Crippen LogP contribution in [0.4, 0.5) is 13.2 Å². The lowest BCUT2D eigenvalue weighted by atomic mass is 10.2. The van der Waals surface area contributed by atoms with Gasteiger partial charge in [0.25, 0.3) is 0 Å². The molecular formula is C15H11Cl2F3O2S. The highest BCUT2D eigenvalue weighted by Crippen LogP contribution is 2.37. The molecule has 2 rings (SSSR count). The van der Waals surface area contributed by atoms with Crippen molar-refractivity contribution in [3.8, 4) is 17.2 Å². The van der Waals surface area contributed by atoms with Crippen LogP contribution in [-0.4, -0.2) is 12.4 Å². The second kappa shape index (κ2) is 7.55. The fourth-order valence-corrected chi connectivity index (χ4v) is 2.18. The van der Waals surface area contributed by atoms with Gasteiger partial charge < -0.3 is 9.47 Å². The maximum Gasteiger partial charge on any atom is 0.416 e. The molecule has 0 spiro atoms. The number of hydrogen-bond acceptors (Lipinski definition) is 3. The van der Waals surface area contributed by atoms with E-state index < -0.39 is 11.7 Å². The normalized spacial score (nSPS) is 11.4. The number of alkyl halides is 3. The third-order valence-corrected chi connectivity index (χ3v) is 3.53. The van der Waals surface area contributed by atoms with Crippen molar-refractivity contribution in [2.24, 2.45) is 0 Å². The standard InChI is InChI=1S/C15H11Cl2F3O2S/c16-11-3-2-10(8-14(11)21-5-6-23)22-13-4-1-9(7-12(13)17)15(18,19)20/h1-4,7-8,23H,5-6H2. The molecule has 0 radical (unpaired) electrons. The Bertz CT molecular complexity index is 693. The molecule has 0 saturated heterocycles. The van der Waals surface area contributed by atoms with Gasteiger partial charge in [0.2, 0.25) is 0 Å². The molecule has 0 fully saturated rings. The highest BCUT2D eigenvalue weighted by atomic mass is 35.5. The smallest absolute Gasteiger partial charge is 0.416 e. The average molecular weight is 383 g/mol. The summed E-state index contributed by atoms with van der Waals surface area (Å²) in [5, 5.41) is 0.241. The summed E-state index contributed by atoms with van der Waals surface area (Å²) in [5.74, 6) is 1.33. The van der Waals surface area contributed by atoms with E-state index in [2.05, 4.69) is 12.6 Å². The van der Waals surface area contributed by atoms with Gasteiger partial charge in [0.1, 0.15) is 17.2 Å². The molecule has 124 valence electrons. The summed E-state index contributed by atoms with van der Waals surface area (Å²) in [6.07, 6.45) is -4.46. The SMILES string of the molecule is FC(F)(F)c1ccc(Oc2ccc(Cl)c(OCCS)c2)c(Cl)c1. The Morgan fingerprint density at radius 1 is 0.957 bits per heavy atom. The minimum Gasteiger partial charge on any atom is -0.491 e. The van der Waals surface area contributed by atoms with Crippen LogP contribution in [0.5, 0.6) is 17.2 Å². The van der Waals surface area contributed by atoms with Gasteiger partial charge in [0.15, 0.2) is 0 Å². The molecule has 23 heavy (non-hydrogen) atoms. The Kier molecular flexibility index (Phi) is 5.95. The minimum atomic E-state index is -4.46. The molecule has 0 aromatic heterocycles. The van der Waals surface area contributed by atoms with Crippen LogP contribution in [0.15, 0.2) is 36.4 Å². The van der Waals surface area contributed by atoms with Gasteiger partial charge in [-0.05, 0) is 30.3 Å². The zero-order valence-electron chi connectivity index (χ0n) is 11.5. The van der Waals surface area contributed by atoms with Gasteiger partial charge in [-0.3, -0.25) is 0 Å². The van der Waals surface area contributed by atoms with Crippen molar-refractivity contribution in [3.63, 3.8) is 0 Å². The lowest BCUT2D eigenvalue weighted by Gasteiger charge is -2.13. The highest BCUT2D eigenvalue weighted by molar-refractivity contribution is 7.80. The number of thiol groups is 1. The monoisotopic (exact) mass is 382 g/mol. The quantitative estimate of drug-likeness (QED) is 0.628. The summed E-state index contributed by atoms with van der Waals surface area (Å²) in [6, 6.07) is 7.51. The summed E-state index contributed by atoms with van der Waals surface area (Å²) >= 11 is 15.9. The predicted octanol–water partition coefficient (Wildman–Crippen LogP) is 6.11. The van der Waals surface area contributed by atoms with Gasteiger partial charge in [0.05, 0.1) is 22.2 Å². The predicted molar refractivity (Wildman–Crippen MR) is 87.3 cm³/mol. The van der Waals surface area contributed by atoms with E-state index in [1.54, 1.807) is 12.1 Å². The topological polar surface area (TPSA) is 18.5 Å². The van der Waals surface area contributed by atoms with Crippen LogP contribution in [0.1, 0.15) is 5.56 Å². The van der Waals surface area contributed by atoms with E-state index in [-0.39, 0.29) is 10.8 Å². The number of rotatable bonds is 5. The first-order valence-corrected chi connectivity index (χ1v) is 7.78. The van der Waals surface area contributed by atoms with Crippen molar-refractivity contribution in [3.05, 3.63) is 52.0 Å². The number of halogens is 5. The van der Waals surface area contributed by atoms with Gasteiger partial charge in [-0.2, -0.15) is 25.8 Å². The van der Waals surface area contributed by atoms with E-state index in [0.717, 1.165) is 18.2 Å². The first kappa shape index (κ1) is 18.1. The van der Waals surface area contributed by atoms with Gasteiger partial charge in [-0.15, -0.1) is 0 Å². The molecule has 8 heteroatoms. The van der Waals surface area contributed by atoms with Crippen molar-refractivity contribution < 1.29 is 22.6 Å². The average Bonchev–Trinajstić information content (AvgIpc) is 2.48. The van der Waals surface area contributed by atoms with Crippen molar-refractivity contribution in [1.29, 1.82) is 0 Å². The van der Waals surface area contributed by atoms with E-state index in [1.165, 1.54) is 6.07 Å². The molecule has 2 aromatic carbocycles. The Labute approximate surface area is 146 Å². The van der Waals surface area contributed by atoms with Crippen molar-refractivity contribution in [1.82, 2.24) is 0 Å². The van der Waals surface area contributed by atoms with Crippen LogP contribution in [0, 0.1) is 0 Å². The Morgan fingerprint density at radius 2 is 1.70 bits per heavy atom. The van der Waals surface area contributed by atoms with E-state index >= 15 is 0 Å². The molecule has 0 amide bonds. The summed E-state index contributed by atoms with van der Waals surface area (Å²) < 4.78 is 48.7. The van der Waals surface area contributed by atoms with Gasteiger partial charge in [-0.25, -0.2) is 0 Å². The Morgan fingerprint density at radius 3 is 2.30 bits per heavy atom. The Hall–Kier alpha value is -1.24. The lowest BCUT2D eigenvalue weighted by molar-refractivity contribution is -0.137. The first-order chi connectivity index (χ1) is 10.8. The molecule has 0 atom stereocenters. The van der Waals surface area contributed by atoms with Crippen LogP contribution in [-0.2, 0) is 6.18 Å². The molecular weight excluding hydrogens is 372 g/mol. The van der Waals surface area contributed by atoms with Crippen LogP contribution in [0.2, 0.25) is 10.0 Å². The van der Waals surface area contributed by atoms with Crippen molar-refractivity contribution in [2.75, 3.05) is 12.4 Å². The fourth-order valence-electron chi connectivity index (χ4n) is 1.70. The number of benzene rings is 2. The van der Waals surface area contributed by atoms with Gasteiger partial charge >= 0.3 is 6.18 Å². The Balaban J connectivity index is 2.22. The molecule has 0 aliphatic carbocycles. The van der Waals surface area contributed by atoms with Crippen LogP contribution in [0.25, 0.3) is 0 Å². The maximum atomic E-state index is 12.6.